The van der Waals surface area contributed by atoms with Gasteiger partial charge in [0.2, 0.25) is 7.00 Å². The van der Waals surface area contributed by atoms with Crippen LogP contribution in [0.5, 0.6) is 0 Å². The summed E-state index contributed by atoms with van der Waals surface area (Å²) in [6.07, 6.45) is 0.671. The zero-order valence-corrected chi connectivity index (χ0v) is 6.15. The number of nitrogens with one attached hydrogen (secondary N) is 1. The number of carbonyl (C=O) groups is 1. The standard InChI is InChI=1S/C4H8BNO2P/c1-4(7)8-3-2-5-9-6/h6H,2-3H2,1H3. The van der Waals surface area contributed by atoms with Crippen LogP contribution in [-0.2, 0) is 9.53 Å². The lowest BCUT2D eigenvalue weighted by Crippen LogP contribution is -2.00. The van der Waals surface area contributed by atoms with Crippen molar-refractivity contribution in [2.24, 2.45) is 0 Å². The predicted molar refractivity (Wildman–Crippen MR) is 36.8 cm³/mol. The average Bonchev–Trinajstić information content (AvgIpc) is 1.80. The van der Waals surface area contributed by atoms with Crippen LogP contribution in [0.1, 0.15) is 6.92 Å². The second kappa shape index (κ2) is 5.77. The number of hydrogen-bond acceptors (Lipinski definition) is 3. The van der Waals surface area contributed by atoms with Gasteiger partial charge in [-0.05, 0) is 6.32 Å². The molecule has 1 N–H and O–H groups in total. The van der Waals surface area contributed by atoms with Gasteiger partial charge >= 0.3 is 5.97 Å². The highest BCUT2D eigenvalue weighted by atomic mass is 31.1. The Morgan fingerprint density at radius 1 is 1.89 bits per heavy atom. The van der Waals surface area contributed by atoms with E-state index in [1.165, 1.54) is 6.92 Å². The summed E-state index contributed by atoms with van der Waals surface area (Å²) in [5, 5.41) is 6.66. The van der Waals surface area contributed by atoms with Gasteiger partial charge in [-0.3, -0.25) is 9.96 Å². The average molecular weight is 144 g/mol. The molecular weight excluding hydrogens is 136 g/mol. The van der Waals surface area contributed by atoms with Crippen LogP contribution in [0.15, 0.2) is 0 Å². The van der Waals surface area contributed by atoms with Crippen molar-refractivity contribution in [1.29, 1.82) is 5.16 Å². The van der Waals surface area contributed by atoms with E-state index in [9.17, 15) is 4.79 Å². The van der Waals surface area contributed by atoms with E-state index in [1.807, 2.05) is 0 Å². The molecule has 0 fully saturated rings. The SMILES string of the molecule is CC(=O)OCC[B]P=N. The summed E-state index contributed by atoms with van der Waals surface area (Å²) >= 11 is 0. The number of rotatable bonds is 4. The van der Waals surface area contributed by atoms with E-state index in [1.54, 1.807) is 7.00 Å². The number of hydrogen-bond donors (Lipinski definition) is 1. The van der Waals surface area contributed by atoms with E-state index in [4.69, 9.17) is 5.16 Å². The third-order valence-electron chi connectivity index (χ3n) is 0.644. The molecule has 0 aromatic heterocycles. The molecule has 0 spiro atoms. The highest BCUT2D eigenvalue weighted by molar-refractivity contribution is 7.61. The molecule has 5 heteroatoms. The molecule has 0 aliphatic heterocycles. The highest BCUT2D eigenvalue weighted by Gasteiger charge is 1.91. The Morgan fingerprint density at radius 2 is 2.56 bits per heavy atom. The Kier molecular flexibility index (Phi) is 5.53. The number of esters is 1. The fourth-order valence-electron chi connectivity index (χ4n) is 0.320. The molecule has 0 aromatic carbocycles. The molecule has 0 atom stereocenters. The van der Waals surface area contributed by atoms with Crippen molar-refractivity contribution in [2.45, 2.75) is 13.2 Å². The fourth-order valence-corrected chi connectivity index (χ4v) is 0.554. The molecule has 0 aliphatic carbocycles. The lowest BCUT2D eigenvalue weighted by Gasteiger charge is -1.95. The molecule has 3 nitrogen and oxygen atoms in total. The predicted octanol–water partition coefficient (Wildman–Crippen LogP) is 1.30. The van der Waals surface area contributed by atoms with Gasteiger partial charge in [-0.1, -0.05) is 8.25 Å². The van der Waals surface area contributed by atoms with Crippen molar-refractivity contribution in [3.63, 3.8) is 0 Å². The largest absolute Gasteiger partial charge is 0.467 e. The van der Waals surface area contributed by atoms with Crippen molar-refractivity contribution in [3.8, 4) is 0 Å². The maximum absolute atomic E-state index is 10.1. The monoisotopic (exact) mass is 144 g/mol. The van der Waals surface area contributed by atoms with Gasteiger partial charge in [-0.15, -0.1) is 0 Å². The van der Waals surface area contributed by atoms with Gasteiger partial charge in [0.25, 0.3) is 0 Å². The second-order valence-electron chi connectivity index (χ2n) is 1.44. The summed E-state index contributed by atoms with van der Waals surface area (Å²) in [6, 6.07) is 0. The Morgan fingerprint density at radius 3 is 3.00 bits per heavy atom. The number of ether oxygens (including phenoxy) is 1. The van der Waals surface area contributed by atoms with E-state index < -0.39 is 0 Å². The Balaban J connectivity index is 2.91. The summed E-state index contributed by atoms with van der Waals surface area (Å²) < 4.78 is 4.59. The first kappa shape index (κ1) is 8.63. The zero-order chi connectivity index (χ0) is 7.11. The maximum atomic E-state index is 10.1. The number of carbonyl (C=O) groups excluding carboxylic acids is 1. The van der Waals surface area contributed by atoms with Gasteiger partial charge < -0.3 is 4.74 Å². The lowest BCUT2D eigenvalue weighted by molar-refractivity contribution is -0.140. The summed E-state index contributed by atoms with van der Waals surface area (Å²) in [7, 11) is 0.491. The van der Waals surface area contributed by atoms with E-state index in [0.717, 1.165) is 0 Å². The van der Waals surface area contributed by atoms with E-state index in [2.05, 4.69) is 4.74 Å². The van der Waals surface area contributed by atoms with Crippen molar-refractivity contribution in [3.05, 3.63) is 0 Å². The van der Waals surface area contributed by atoms with Gasteiger partial charge in [-0.2, -0.15) is 0 Å². The molecule has 49 valence electrons. The Bertz CT molecular complexity index is 109. The molecule has 0 amide bonds. The van der Waals surface area contributed by atoms with Crippen molar-refractivity contribution in [1.82, 2.24) is 0 Å². The third kappa shape index (κ3) is 7.63. The first-order valence-electron chi connectivity index (χ1n) is 2.59. The Hall–Kier alpha value is -0.365. The van der Waals surface area contributed by atoms with Gasteiger partial charge in [0, 0.05) is 6.92 Å². The highest BCUT2D eigenvalue weighted by Crippen LogP contribution is 1.93. The lowest BCUT2D eigenvalue weighted by atomic mass is 10.0. The molecule has 0 aliphatic rings. The van der Waals surface area contributed by atoms with E-state index >= 15 is 0 Å². The van der Waals surface area contributed by atoms with Crippen molar-refractivity contribution >= 4 is 21.2 Å². The zero-order valence-electron chi connectivity index (χ0n) is 5.26. The normalized spacial score (nSPS) is 9.00. The molecule has 0 heterocycles. The van der Waals surface area contributed by atoms with Crippen LogP contribution in [0.3, 0.4) is 0 Å². The van der Waals surface area contributed by atoms with Crippen LogP contribution < -0.4 is 0 Å². The molecule has 0 unspecified atom stereocenters. The van der Waals surface area contributed by atoms with Gasteiger partial charge in [0.1, 0.15) is 0 Å². The molecule has 0 saturated carbocycles. The quantitative estimate of drug-likeness (QED) is 0.279. The summed E-state index contributed by atoms with van der Waals surface area (Å²) in [5.74, 6) is -0.259. The summed E-state index contributed by atoms with van der Waals surface area (Å²) in [6.45, 7) is 3.50. The second-order valence-corrected chi connectivity index (χ2v) is 2.06. The van der Waals surface area contributed by atoms with Crippen LogP contribution in [-0.4, -0.2) is 19.6 Å². The van der Waals surface area contributed by atoms with Crippen LogP contribution in [0.25, 0.3) is 0 Å². The maximum Gasteiger partial charge on any atom is 0.302 e. The first-order valence-corrected chi connectivity index (χ1v) is 3.55. The fraction of sp³-hybridized carbons (Fsp3) is 0.750. The van der Waals surface area contributed by atoms with Crippen LogP contribution in [0, 0.1) is 5.16 Å². The molecule has 0 saturated heterocycles. The van der Waals surface area contributed by atoms with Crippen LogP contribution in [0.4, 0.5) is 0 Å². The molecule has 0 bridgehead atoms. The summed E-state index contributed by atoms with van der Waals surface area (Å²) in [5.41, 5.74) is 0. The minimum absolute atomic E-state index is 0.259. The third-order valence-corrected chi connectivity index (χ3v) is 1.08. The molecule has 0 aromatic rings. The molecule has 1 radical (unpaired) electrons. The van der Waals surface area contributed by atoms with Crippen LogP contribution in [0.2, 0.25) is 6.32 Å². The van der Waals surface area contributed by atoms with E-state index in [-0.39, 0.29) is 5.97 Å². The van der Waals surface area contributed by atoms with Crippen LogP contribution >= 0.6 is 8.25 Å². The smallest absolute Gasteiger partial charge is 0.302 e. The topological polar surface area (TPSA) is 50.2 Å². The van der Waals surface area contributed by atoms with E-state index in [0.29, 0.717) is 21.2 Å². The summed E-state index contributed by atoms with van der Waals surface area (Å²) in [4.78, 5) is 10.1. The molecule has 9 heavy (non-hydrogen) atoms. The minimum Gasteiger partial charge on any atom is -0.467 e. The van der Waals surface area contributed by atoms with Gasteiger partial charge in [-0.25, -0.2) is 0 Å². The van der Waals surface area contributed by atoms with Crippen molar-refractivity contribution in [2.75, 3.05) is 6.61 Å². The first-order chi connectivity index (χ1) is 4.27. The molecule has 0 rings (SSSR count). The van der Waals surface area contributed by atoms with Crippen molar-refractivity contribution < 1.29 is 9.53 Å². The molecular formula is C4H8BNO2P. The van der Waals surface area contributed by atoms with Gasteiger partial charge in [0.05, 0.1) is 6.61 Å². The van der Waals surface area contributed by atoms with Gasteiger partial charge in [0.15, 0.2) is 0 Å². The Labute approximate surface area is 56.7 Å². The minimum atomic E-state index is -0.259.